The number of pyridine rings is 1. The van der Waals surface area contributed by atoms with Crippen molar-refractivity contribution < 1.29 is 4.39 Å². The van der Waals surface area contributed by atoms with E-state index in [1.165, 1.54) is 12.1 Å². The second-order valence-electron chi connectivity index (χ2n) is 3.92. The molecular weight excluding hydrogens is 229 g/mol. The molecular formula is C14H16FN3. The summed E-state index contributed by atoms with van der Waals surface area (Å²) in [5.41, 5.74) is 0.894. The molecule has 2 N–H and O–H groups in total. The van der Waals surface area contributed by atoms with E-state index in [1.54, 1.807) is 6.07 Å². The smallest absolute Gasteiger partial charge is 0.128 e. The number of hydrogen-bond acceptors (Lipinski definition) is 3. The van der Waals surface area contributed by atoms with Gasteiger partial charge in [-0.15, -0.1) is 0 Å². The first-order valence-corrected chi connectivity index (χ1v) is 5.97. The number of halogens is 1. The fourth-order valence-corrected chi connectivity index (χ4v) is 1.65. The lowest BCUT2D eigenvalue weighted by Crippen LogP contribution is -2.04. The van der Waals surface area contributed by atoms with E-state index >= 15 is 0 Å². The van der Waals surface area contributed by atoms with Crippen molar-refractivity contribution in [2.24, 2.45) is 0 Å². The molecule has 0 radical (unpaired) electrons. The van der Waals surface area contributed by atoms with Crippen LogP contribution in [0.5, 0.6) is 0 Å². The Balaban J connectivity index is 1.99. The van der Waals surface area contributed by atoms with E-state index in [1.807, 2.05) is 31.2 Å². The van der Waals surface area contributed by atoms with Crippen molar-refractivity contribution in [1.29, 1.82) is 0 Å². The number of benzene rings is 1. The van der Waals surface area contributed by atoms with Gasteiger partial charge in [0, 0.05) is 13.1 Å². The van der Waals surface area contributed by atoms with Crippen molar-refractivity contribution >= 4 is 11.6 Å². The molecule has 2 rings (SSSR count). The maximum absolute atomic E-state index is 13.0. The summed E-state index contributed by atoms with van der Waals surface area (Å²) in [6.45, 7) is 3.41. The van der Waals surface area contributed by atoms with E-state index in [0.29, 0.717) is 6.54 Å². The number of rotatable bonds is 5. The van der Waals surface area contributed by atoms with Crippen LogP contribution < -0.4 is 10.6 Å². The predicted octanol–water partition coefficient (Wildman–Crippen LogP) is 3.26. The number of aromatic nitrogens is 1. The van der Waals surface area contributed by atoms with Gasteiger partial charge in [-0.05, 0) is 36.8 Å². The first kappa shape index (κ1) is 12.4. The van der Waals surface area contributed by atoms with Gasteiger partial charge in [0.2, 0.25) is 0 Å². The number of nitrogens with one attached hydrogen (secondary N) is 2. The summed E-state index contributed by atoms with van der Waals surface area (Å²) in [5.74, 6) is 1.39. The molecule has 0 fully saturated rings. The summed E-state index contributed by atoms with van der Waals surface area (Å²) in [6, 6.07) is 12.3. The van der Waals surface area contributed by atoms with Gasteiger partial charge in [-0.3, -0.25) is 0 Å². The minimum absolute atomic E-state index is 0.219. The van der Waals surface area contributed by atoms with Gasteiger partial charge in [0.05, 0.1) is 0 Å². The van der Waals surface area contributed by atoms with E-state index in [0.717, 1.165) is 23.7 Å². The Bertz CT molecular complexity index is 514. The molecule has 1 heterocycles. The van der Waals surface area contributed by atoms with Gasteiger partial charge < -0.3 is 10.6 Å². The van der Waals surface area contributed by atoms with E-state index < -0.39 is 0 Å². The highest BCUT2D eigenvalue weighted by Gasteiger charge is 1.98. The molecule has 1 aromatic heterocycles. The van der Waals surface area contributed by atoms with Crippen LogP contribution in [0.2, 0.25) is 0 Å². The van der Waals surface area contributed by atoms with Gasteiger partial charge in [-0.2, -0.15) is 0 Å². The normalized spacial score (nSPS) is 10.1. The summed E-state index contributed by atoms with van der Waals surface area (Å²) >= 11 is 0. The molecule has 0 bridgehead atoms. The molecule has 0 unspecified atom stereocenters. The van der Waals surface area contributed by atoms with Gasteiger partial charge in [0.1, 0.15) is 17.5 Å². The summed E-state index contributed by atoms with van der Waals surface area (Å²) < 4.78 is 13.0. The van der Waals surface area contributed by atoms with E-state index in [2.05, 4.69) is 15.6 Å². The first-order chi connectivity index (χ1) is 8.78. The van der Waals surface area contributed by atoms with Crippen LogP contribution in [0.25, 0.3) is 0 Å². The van der Waals surface area contributed by atoms with Crippen molar-refractivity contribution in [1.82, 2.24) is 4.98 Å². The molecule has 0 saturated heterocycles. The van der Waals surface area contributed by atoms with E-state index in [4.69, 9.17) is 0 Å². The van der Waals surface area contributed by atoms with Crippen molar-refractivity contribution in [2.45, 2.75) is 13.5 Å². The van der Waals surface area contributed by atoms with Crippen molar-refractivity contribution in [3.8, 4) is 0 Å². The summed E-state index contributed by atoms with van der Waals surface area (Å²) in [7, 11) is 0. The summed E-state index contributed by atoms with van der Waals surface area (Å²) in [4.78, 5) is 4.38. The van der Waals surface area contributed by atoms with Crippen molar-refractivity contribution in [2.75, 3.05) is 17.2 Å². The SMILES string of the molecule is CCNc1cccc(NCc2cccc(F)c2)n1. The van der Waals surface area contributed by atoms with Crippen molar-refractivity contribution in [3.63, 3.8) is 0 Å². The Labute approximate surface area is 106 Å². The summed E-state index contributed by atoms with van der Waals surface area (Å²) in [6.07, 6.45) is 0. The minimum Gasteiger partial charge on any atom is -0.370 e. The molecule has 0 aliphatic heterocycles. The zero-order valence-electron chi connectivity index (χ0n) is 10.3. The zero-order valence-corrected chi connectivity index (χ0v) is 10.3. The number of hydrogen-bond donors (Lipinski definition) is 2. The molecule has 94 valence electrons. The van der Waals surface area contributed by atoms with Crippen LogP contribution in [0.3, 0.4) is 0 Å². The van der Waals surface area contributed by atoms with Crippen LogP contribution in [0.4, 0.5) is 16.0 Å². The summed E-state index contributed by atoms with van der Waals surface area (Å²) in [5, 5.41) is 6.31. The lowest BCUT2D eigenvalue weighted by atomic mass is 10.2. The zero-order chi connectivity index (χ0) is 12.8. The van der Waals surface area contributed by atoms with Crippen molar-refractivity contribution in [3.05, 3.63) is 53.8 Å². The number of anilines is 2. The van der Waals surface area contributed by atoms with Crippen LogP contribution in [0.15, 0.2) is 42.5 Å². The molecule has 0 spiro atoms. The van der Waals surface area contributed by atoms with Crippen LogP contribution in [-0.4, -0.2) is 11.5 Å². The second kappa shape index (κ2) is 6.00. The minimum atomic E-state index is -0.219. The molecule has 0 amide bonds. The third-order valence-electron chi connectivity index (χ3n) is 2.47. The maximum atomic E-state index is 13.0. The van der Waals surface area contributed by atoms with Crippen LogP contribution >= 0.6 is 0 Å². The monoisotopic (exact) mass is 245 g/mol. The molecule has 0 saturated carbocycles. The predicted molar refractivity (Wildman–Crippen MR) is 72.1 cm³/mol. The van der Waals surface area contributed by atoms with Crippen LogP contribution in [0.1, 0.15) is 12.5 Å². The van der Waals surface area contributed by atoms with Gasteiger partial charge in [-0.1, -0.05) is 18.2 Å². The second-order valence-corrected chi connectivity index (χ2v) is 3.92. The quantitative estimate of drug-likeness (QED) is 0.849. The van der Waals surface area contributed by atoms with E-state index in [9.17, 15) is 4.39 Å². The molecule has 1 aromatic carbocycles. The molecule has 0 aliphatic carbocycles. The lowest BCUT2D eigenvalue weighted by Gasteiger charge is -2.08. The highest BCUT2D eigenvalue weighted by atomic mass is 19.1. The maximum Gasteiger partial charge on any atom is 0.128 e. The van der Waals surface area contributed by atoms with Gasteiger partial charge >= 0.3 is 0 Å². The van der Waals surface area contributed by atoms with Crippen LogP contribution in [0, 0.1) is 5.82 Å². The third-order valence-corrected chi connectivity index (χ3v) is 2.47. The molecule has 0 aliphatic rings. The van der Waals surface area contributed by atoms with Gasteiger partial charge in [-0.25, -0.2) is 9.37 Å². The molecule has 4 heteroatoms. The average Bonchev–Trinajstić information content (AvgIpc) is 2.37. The molecule has 2 aromatic rings. The third kappa shape index (κ3) is 3.45. The van der Waals surface area contributed by atoms with Crippen LogP contribution in [-0.2, 0) is 6.54 Å². The molecule has 0 atom stereocenters. The fraction of sp³-hybridized carbons (Fsp3) is 0.214. The highest BCUT2D eigenvalue weighted by Crippen LogP contribution is 2.11. The standard InChI is InChI=1S/C14H16FN3/c1-2-16-13-7-4-8-14(18-13)17-10-11-5-3-6-12(15)9-11/h3-9H,2,10H2,1H3,(H2,16,17,18). The Hall–Kier alpha value is -2.10. The molecule has 3 nitrogen and oxygen atoms in total. The Morgan fingerprint density at radius 2 is 1.78 bits per heavy atom. The Morgan fingerprint density at radius 3 is 2.50 bits per heavy atom. The van der Waals surface area contributed by atoms with Gasteiger partial charge in [0.25, 0.3) is 0 Å². The van der Waals surface area contributed by atoms with Gasteiger partial charge in [0.15, 0.2) is 0 Å². The molecule has 18 heavy (non-hydrogen) atoms. The number of nitrogens with zero attached hydrogens (tertiary/aromatic N) is 1. The fourth-order valence-electron chi connectivity index (χ4n) is 1.65. The largest absolute Gasteiger partial charge is 0.370 e. The Morgan fingerprint density at radius 1 is 1.06 bits per heavy atom. The highest BCUT2D eigenvalue weighted by molar-refractivity contribution is 5.45. The average molecular weight is 245 g/mol. The first-order valence-electron chi connectivity index (χ1n) is 5.97. The lowest BCUT2D eigenvalue weighted by molar-refractivity contribution is 0.626. The Kier molecular flexibility index (Phi) is 4.12. The van der Waals surface area contributed by atoms with E-state index in [-0.39, 0.29) is 5.82 Å². The topological polar surface area (TPSA) is 37.0 Å².